The second-order valence-electron chi connectivity index (χ2n) is 9.01. The summed E-state index contributed by atoms with van der Waals surface area (Å²) in [5.74, 6) is 1.86. The quantitative estimate of drug-likeness (QED) is 0.177. The molecule has 0 amide bonds. The number of anilines is 2. The van der Waals surface area contributed by atoms with Crippen molar-refractivity contribution in [3.8, 4) is 28.3 Å². The van der Waals surface area contributed by atoms with Crippen LogP contribution in [-0.4, -0.2) is 49.1 Å². The van der Waals surface area contributed by atoms with Crippen molar-refractivity contribution in [2.75, 3.05) is 11.9 Å². The van der Waals surface area contributed by atoms with E-state index in [4.69, 9.17) is 14.7 Å². The third-order valence-electron chi connectivity index (χ3n) is 6.39. The number of hydrogen-bond donors (Lipinski definition) is 4. The zero-order valence-electron chi connectivity index (χ0n) is 21.4. The number of aromatic amines is 1. The maximum Gasteiger partial charge on any atom is 0.162 e. The molecule has 2 aromatic carbocycles. The van der Waals surface area contributed by atoms with E-state index in [0.717, 1.165) is 46.1 Å². The van der Waals surface area contributed by atoms with Crippen LogP contribution < -0.4 is 15.4 Å². The average molecular weight is 510 g/mol. The largest absolute Gasteiger partial charge is 0.489 e. The summed E-state index contributed by atoms with van der Waals surface area (Å²) in [6.07, 6.45) is 8.26. The second kappa shape index (κ2) is 11.8. The predicted octanol–water partition coefficient (Wildman–Crippen LogP) is 5.30. The van der Waals surface area contributed by atoms with Crippen molar-refractivity contribution in [1.82, 2.24) is 30.5 Å². The van der Waals surface area contributed by atoms with Crippen molar-refractivity contribution in [2.24, 2.45) is 0 Å². The van der Waals surface area contributed by atoms with Gasteiger partial charge in [0.2, 0.25) is 0 Å². The first kappa shape index (κ1) is 25.3. The molecule has 9 nitrogen and oxygen atoms in total. The second-order valence-corrected chi connectivity index (χ2v) is 9.01. The number of rotatable bonds is 11. The molecule has 5 rings (SSSR count). The lowest BCUT2D eigenvalue weighted by molar-refractivity contribution is 0.0669. The van der Waals surface area contributed by atoms with E-state index in [1.807, 2.05) is 60.8 Å². The van der Waals surface area contributed by atoms with Gasteiger partial charge < -0.3 is 15.2 Å². The number of hydrogen-bond acceptors (Lipinski definition) is 8. The van der Waals surface area contributed by atoms with Gasteiger partial charge in [0, 0.05) is 40.6 Å². The fourth-order valence-corrected chi connectivity index (χ4v) is 4.24. The molecule has 0 bridgehead atoms. The van der Waals surface area contributed by atoms with Gasteiger partial charge in [-0.15, -0.1) is 0 Å². The van der Waals surface area contributed by atoms with Crippen LogP contribution in [-0.2, 0) is 0 Å². The number of aliphatic hydroxyl groups excluding tert-OH is 1. The normalized spacial score (nSPS) is 12.1. The molecule has 1 unspecified atom stereocenters. The fraction of sp³-hybridized carbons (Fsp3) is 0.241. The van der Waals surface area contributed by atoms with E-state index in [1.165, 1.54) is 0 Å². The van der Waals surface area contributed by atoms with Gasteiger partial charge in [-0.05, 0) is 48.7 Å². The van der Waals surface area contributed by atoms with Crippen LogP contribution in [0.3, 0.4) is 0 Å². The van der Waals surface area contributed by atoms with Gasteiger partial charge in [-0.2, -0.15) is 5.10 Å². The lowest BCUT2D eigenvalue weighted by atomic mass is 10.1. The topological polar surface area (TPSA) is 121 Å². The Bertz CT molecular complexity index is 1470. The molecule has 5 aromatic rings. The number of aromatic nitrogens is 5. The van der Waals surface area contributed by atoms with Gasteiger partial charge in [-0.25, -0.2) is 9.97 Å². The highest BCUT2D eigenvalue weighted by molar-refractivity contribution is 5.91. The average Bonchev–Trinajstić information content (AvgIpc) is 3.50. The Hall–Kier alpha value is -4.34. The summed E-state index contributed by atoms with van der Waals surface area (Å²) in [5, 5.41) is 24.7. The number of pyridine rings is 1. The molecule has 0 radical (unpaired) electrons. The van der Waals surface area contributed by atoms with Crippen LogP contribution in [0.1, 0.15) is 26.7 Å². The van der Waals surface area contributed by atoms with E-state index in [0.29, 0.717) is 17.4 Å². The first-order valence-electron chi connectivity index (χ1n) is 12.8. The van der Waals surface area contributed by atoms with Gasteiger partial charge in [0.15, 0.2) is 5.82 Å². The lowest BCUT2D eigenvalue weighted by Crippen LogP contribution is -2.41. The minimum atomic E-state index is -0.748. The Balaban J connectivity index is 1.38. The molecular formula is C29H31N7O2. The predicted molar refractivity (Wildman–Crippen MR) is 149 cm³/mol. The van der Waals surface area contributed by atoms with Gasteiger partial charge in [0.05, 0.1) is 17.9 Å². The highest BCUT2D eigenvalue weighted by Gasteiger charge is 2.13. The van der Waals surface area contributed by atoms with Gasteiger partial charge in [-0.1, -0.05) is 38.1 Å². The van der Waals surface area contributed by atoms with E-state index in [1.54, 1.807) is 18.6 Å². The van der Waals surface area contributed by atoms with Crippen molar-refractivity contribution in [1.29, 1.82) is 0 Å². The van der Waals surface area contributed by atoms with Crippen LogP contribution in [0.2, 0.25) is 0 Å². The van der Waals surface area contributed by atoms with Crippen LogP contribution in [0, 0.1) is 0 Å². The van der Waals surface area contributed by atoms with E-state index in [-0.39, 0.29) is 12.6 Å². The van der Waals surface area contributed by atoms with Gasteiger partial charge >= 0.3 is 0 Å². The standard InChI is InChI=1S/C29H31N7O2/c1-3-22(4-2)33-27(37)18-38-24-7-5-6-20(14-24)28-35-26-17-30-13-12-25(26)29(36-28)34-23-10-8-19(9-11-23)21-15-31-32-16-21/h5-17,22,27,33,37H,3-4,18H2,1-2H3,(H,31,32)(H,34,35,36). The minimum absolute atomic E-state index is 0.143. The molecule has 0 spiro atoms. The van der Waals surface area contributed by atoms with E-state index in [9.17, 15) is 5.11 Å². The number of nitrogens with zero attached hydrogens (tertiary/aromatic N) is 4. The highest BCUT2D eigenvalue weighted by Crippen LogP contribution is 2.29. The number of H-pyrrole nitrogens is 1. The number of aliphatic hydroxyl groups is 1. The summed E-state index contributed by atoms with van der Waals surface area (Å²) in [6.45, 7) is 4.33. The molecule has 0 aliphatic rings. The maximum atomic E-state index is 10.3. The SMILES string of the molecule is CCC(CC)NC(O)COc1cccc(-c2nc(Nc3ccc(-c4cn[nH]c4)cc3)c3ccncc3n2)c1. The summed E-state index contributed by atoms with van der Waals surface area (Å²) in [7, 11) is 0. The Morgan fingerprint density at radius 3 is 2.55 bits per heavy atom. The lowest BCUT2D eigenvalue weighted by Gasteiger charge is -2.20. The van der Waals surface area contributed by atoms with Crippen LogP contribution in [0.4, 0.5) is 11.5 Å². The van der Waals surface area contributed by atoms with Crippen molar-refractivity contribution < 1.29 is 9.84 Å². The van der Waals surface area contributed by atoms with Crippen LogP contribution >= 0.6 is 0 Å². The monoisotopic (exact) mass is 509 g/mol. The highest BCUT2D eigenvalue weighted by atomic mass is 16.5. The van der Waals surface area contributed by atoms with Gasteiger partial charge in [0.25, 0.3) is 0 Å². The molecule has 9 heteroatoms. The van der Waals surface area contributed by atoms with Crippen molar-refractivity contribution in [3.05, 3.63) is 79.4 Å². The summed E-state index contributed by atoms with van der Waals surface area (Å²) < 4.78 is 5.87. The molecule has 3 aromatic heterocycles. The third-order valence-corrected chi connectivity index (χ3v) is 6.39. The fourth-order valence-electron chi connectivity index (χ4n) is 4.24. The van der Waals surface area contributed by atoms with Crippen molar-refractivity contribution in [3.63, 3.8) is 0 Å². The smallest absolute Gasteiger partial charge is 0.162 e. The number of benzene rings is 2. The number of fused-ring (bicyclic) bond motifs is 1. The summed E-state index contributed by atoms with van der Waals surface area (Å²) in [5.41, 5.74) is 4.52. The Kier molecular flexibility index (Phi) is 7.86. The molecular weight excluding hydrogens is 478 g/mol. The van der Waals surface area contributed by atoms with Crippen molar-refractivity contribution in [2.45, 2.75) is 39.0 Å². The van der Waals surface area contributed by atoms with Gasteiger partial charge in [-0.3, -0.25) is 15.4 Å². The van der Waals surface area contributed by atoms with Crippen LogP contribution in [0.5, 0.6) is 5.75 Å². The van der Waals surface area contributed by atoms with E-state index >= 15 is 0 Å². The molecule has 0 aliphatic carbocycles. The zero-order chi connectivity index (χ0) is 26.3. The van der Waals surface area contributed by atoms with E-state index in [2.05, 4.69) is 39.7 Å². The molecule has 0 saturated heterocycles. The minimum Gasteiger partial charge on any atom is -0.489 e. The Labute approximate surface area is 221 Å². The first-order valence-corrected chi connectivity index (χ1v) is 12.8. The molecule has 38 heavy (non-hydrogen) atoms. The summed E-state index contributed by atoms with van der Waals surface area (Å²) in [6, 6.07) is 17.8. The van der Waals surface area contributed by atoms with Crippen LogP contribution in [0.25, 0.3) is 33.4 Å². The Morgan fingerprint density at radius 1 is 0.947 bits per heavy atom. The molecule has 1 atom stereocenters. The molecule has 4 N–H and O–H groups in total. The Morgan fingerprint density at radius 2 is 1.79 bits per heavy atom. The third kappa shape index (κ3) is 5.96. The number of ether oxygens (including phenoxy) is 1. The first-order chi connectivity index (χ1) is 18.6. The van der Waals surface area contributed by atoms with Crippen LogP contribution in [0.15, 0.2) is 79.4 Å². The van der Waals surface area contributed by atoms with Gasteiger partial charge in [0.1, 0.15) is 24.4 Å². The summed E-state index contributed by atoms with van der Waals surface area (Å²) >= 11 is 0. The molecule has 0 aliphatic heterocycles. The molecule has 3 heterocycles. The molecule has 194 valence electrons. The van der Waals surface area contributed by atoms with Crippen molar-refractivity contribution >= 4 is 22.4 Å². The maximum absolute atomic E-state index is 10.3. The molecule has 0 fully saturated rings. The summed E-state index contributed by atoms with van der Waals surface area (Å²) in [4.78, 5) is 13.9. The van der Waals surface area contributed by atoms with E-state index < -0.39 is 6.23 Å². The zero-order valence-corrected chi connectivity index (χ0v) is 21.4. The number of nitrogens with one attached hydrogen (secondary N) is 3. The molecule has 0 saturated carbocycles.